The first-order valence-corrected chi connectivity index (χ1v) is 11.6. The lowest BCUT2D eigenvalue weighted by Crippen LogP contribution is -2.38. The van der Waals surface area contributed by atoms with Crippen molar-refractivity contribution in [2.45, 2.75) is 39.4 Å². The van der Waals surface area contributed by atoms with Crippen molar-refractivity contribution in [3.8, 4) is 0 Å². The van der Waals surface area contributed by atoms with Gasteiger partial charge in [-0.1, -0.05) is 27.7 Å². The Bertz CT molecular complexity index is 1170. The Morgan fingerprint density at radius 1 is 1.30 bits per heavy atom. The summed E-state index contributed by atoms with van der Waals surface area (Å²) >= 11 is 0. The second-order valence-electron chi connectivity index (χ2n) is 8.05. The third-order valence-corrected chi connectivity index (χ3v) is 7.60. The maximum Gasteiger partial charge on any atom is 0.252 e. The van der Waals surface area contributed by atoms with E-state index in [0.717, 1.165) is 53.8 Å². The lowest BCUT2D eigenvalue weighted by Gasteiger charge is -2.37. The van der Waals surface area contributed by atoms with Crippen LogP contribution in [0, 0.1) is 6.92 Å². The second-order valence-corrected chi connectivity index (χ2v) is 9.42. The number of hydrogen-bond acceptors (Lipinski definition) is 4. The van der Waals surface area contributed by atoms with Gasteiger partial charge in [-0.15, -0.1) is 0 Å². The summed E-state index contributed by atoms with van der Waals surface area (Å²) in [6, 6.07) is 2.08. The van der Waals surface area contributed by atoms with Crippen molar-refractivity contribution >= 4 is 25.3 Å². The number of carbonyl (C=O) groups is 1. The van der Waals surface area contributed by atoms with Gasteiger partial charge in [0.05, 0.1) is 34.6 Å². The zero-order valence-corrected chi connectivity index (χ0v) is 18.6. The molecule has 154 valence electrons. The first kappa shape index (κ1) is 19.4. The fourth-order valence-electron chi connectivity index (χ4n) is 4.35. The van der Waals surface area contributed by atoms with Gasteiger partial charge in [-0.3, -0.25) is 9.78 Å². The minimum Gasteiger partial charge on any atom is -0.313 e. The topological polar surface area (TPSA) is 62.5 Å². The Balaban J connectivity index is 1.50. The smallest absolute Gasteiger partial charge is 0.252 e. The molecule has 1 amide bonds. The van der Waals surface area contributed by atoms with Crippen LogP contribution in [0.2, 0.25) is 0 Å². The summed E-state index contributed by atoms with van der Waals surface area (Å²) in [7, 11) is 0.470. The van der Waals surface area contributed by atoms with Gasteiger partial charge >= 0.3 is 0 Å². The van der Waals surface area contributed by atoms with Crippen LogP contribution in [0.3, 0.4) is 0 Å². The van der Waals surface area contributed by atoms with Gasteiger partial charge in [-0.05, 0) is 56.0 Å². The highest BCUT2D eigenvalue weighted by molar-refractivity contribution is 7.51. The van der Waals surface area contributed by atoms with Gasteiger partial charge in [0.2, 0.25) is 0 Å². The zero-order valence-electron chi connectivity index (χ0n) is 17.6. The fraction of sp³-hybridized carbons (Fsp3) is 0.348. The van der Waals surface area contributed by atoms with Crippen LogP contribution in [-0.2, 0) is 11.2 Å². The molecule has 2 aromatic rings. The maximum atomic E-state index is 13.1. The number of nitrogens with zero attached hydrogens (tertiary/aromatic N) is 4. The number of amides is 1. The van der Waals surface area contributed by atoms with Gasteiger partial charge in [-0.2, -0.15) is 5.10 Å². The molecule has 0 aliphatic carbocycles. The van der Waals surface area contributed by atoms with E-state index in [9.17, 15) is 4.79 Å². The minimum atomic E-state index is 0.0373. The third-order valence-electron chi connectivity index (χ3n) is 5.88. The Morgan fingerprint density at radius 3 is 2.93 bits per heavy atom. The summed E-state index contributed by atoms with van der Waals surface area (Å²) in [5, 5.41) is 9.16. The zero-order chi connectivity index (χ0) is 20.8. The van der Waals surface area contributed by atoms with E-state index >= 15 is 0 Å². The van der Waals surface area contributed by atoms with E-state index in [1.54, 1.807) is 6.08 Å². The van der Waals surface area contributed by atoms with Crippen LogP contribution in [-0.4, -0.2) is 44.3 Å². The van der Waals surface area contributed by atoms with E-state index in [2.05, 4.69) is 42.4 Å². The lowest BCUT2D eigenvalue weighted by atomic mass is 9.96. The molecule has 2 atom stereocenters. The molecule has 0 saturated carbocycles. The molecule has 5 rings (SSSR count). The molecule has 5 heterocycles. The summed E-state index contributed by atoms with van der Waals surface area (Å²) in [6.45, 7) is 8.11. The van der Waals surface area contributed by atoms with Gasteiger partial charge < -0.3 is 10.2 Å². The molecule has 0 fully saturated rings. The monoisotopic (exact) mass is 419 g/mol. The molecular formula is C23H26N5OP. The Labute approximate surface area is 178 Å². The van der Waals surface area contributed by atoms with Crippen LogP contribution in [0.5, 0.6) is 0 Å². The van der Waals surface area contributed by atoms with Crippen molar-refractivity contribution < 1.29 is 4.79 Å². The van der Waals surface area contributed by atoms with Gasteiger partial charge in [0.25, 0.3) is 5.91 Å². The van der Waals surface area contributed by atoms with Crippen LogP contribution < -0.4 is 5.32 Å². The molecule has 7 heteroatoms. The van der Waals surface area contributed by atoms with Crippen molar-refractivity contribution in [2.24, 2.45) is 0 Å². The average molecular weight is 419 g/mol. The van der Waals surface area contributed by atoms with Crippen molar-refractivity contribution in [1.29, 1.82) is 0 Å². The largest absolute Gasteiger partial charge is 0.313 e. The van der Waals surface area contributed by atoms with Crippen LogP contribution in [0.15, 0.2) is 53.4 Å². The van der Waals surface area contributed by atoms with E-state index in [-0.39, 0.29) is 11.7 Å². The number of aromatic nitrogens is 3. The second kappa shape index (κ2) is 7.60. The summed E-state index contributed by atoms with van der Waals surface area (Å²) in [6.07, 6.45) is 12.1. The molecule has 2 aromatic heterocycles. The molecule has 0 saturated heterocycles. The number of allylic oxidation sites excluding steroid dienone is 2. The summed E-state index contributed by atoms with van der Waals surface area (Å²) in [4.78, 5) is 19.6. The van der Waals surface area contributed by atoms with E-state index in [0.29, 0.717) is 8.58 Å². The Morgan fingerprint density at radius 2 is 2.17 bits per heavy atom. The van der Waals surface area contributed by atoms with Crippen LogP contribution in [0.1, 0.15) is 37.4 Å². The van der Waals surface area contributed by atoms with Crippen molar-refractivity contribution in [3.05, 3.63) is 70.5 Å². The molecule has 1 N–H and O–H groups in total. The summed E-state index contributed by atoms with van der Waals surface area (Å²) in [5.41, 5.74) is 7.63. The highest BCUT2D eigenvalue weighted by Gasteiger charge is 2.33. The third kappa shape index (κ3) is 3.34. The van der Waals surface area contributed by atoms with Gasteiger partial charge in [-0.25, -0.2) is 4.52 Å². The predicted octanol–water partition coefficient (Wildman–Crippen LogP) is 3.55. The standard InChI is InChI=1S/C23H26N5OP/c1-4-18-20-10-19(26-28(20)12-15(3)25-18)21-11-22(29)27-13-17(9-14(2)23(27)30-21)16-5-7-24-8-6-16/h5,9-13,23-24,30H,4,6-8H2,1-3H3. The number of fused-ring (bicyclic) bond motifs is 2. The molecule has 0 aromatic carbocycles. The summed E-state index contributed by atoms with van der Waals surface area (Å²) in [5.74, 6) is 0.120. The number of rotatable bonds is 3. The van der Waals surface area contributed by atoms with E-state index in [1.807, 2.05) is 28.7 Å². The Hall–Kier alpha value is -2.56. The van der Waals surface area contributed by atoms with E-state index in [1.165, 1.54) is 16.7 Å². The van der Waals surface area contributed by atoms with Gasteiger partial charge in [0, 0.05) is 24.1 Å². The highest BCUT2D eigenvalue weighted by Crippen LogP contribution is 2.47. The highest BCUT2D eigenvalue weighted by atomic mass is 31.1. The molecule has 3 aliphatic heterocycles. The van der Waals surface area contributed by atoms with E-state index < -0.39 is 0 Å². The van der Waals surface area contributed by atoms with Crippen molar-refractivity contribution in [1.82, 2.24) is 24.8 Å². The fourth-order valence-corrected chi connectivity index (χ4v) is 5.77. The molecule has 0 spiro atoms. The number of nitrogens with one attached hydrogen (secondary N) is 1. The molecule has 3 aliphatic rings. The minimum absolute atomic E-state index is 0.0373. The van der Waals surface area contributed by atoms with Crippen LogP contribution in [0.4, 0.5) is 0 Å². The quantitative estimate of drug-likeness (QED) is 0.773. The van der Waals surface area contributed by atoms with E-state index in [4.69, 9.17) is 5.10 Å². The average Bonchev–Trinajstić information content (AvgIpc) is 3.18. The SMILES string of the molecule is CCc1nc(C)cn2nc(C3=CC(=O)N4C=C(C5=CCNCC5)C=C(C)C4P3)cc12. The maximum absolute atomic E-state index is 13.1. The normalized spacial score (nSPS) is 22.6. The molecule has 30 heavy (non-hydrogen) atoms. The van der Waals surface area contributed by atoms with Crippen molar-refractivity contribution in [2.75, 3.05) is 13.1 Å². The number of hydrogen-bond donors (Lipinski definition) is 1. The Kier molecular flexibility index (Phi) is 4.92. The van der Waals surface area contributed by atoms with Crippen LogP contribution >= 0.6 is 8.58 Å². The summed E-state index contributed by atoms with van der Waals surface area (Å²) < 4.78 is 1.91. The molecule has 6 nitrogen and oxygen atoms in total. The molecular weight excluding hydrogens is 393 g/mol. The predicted molar refractivity (Wildman–Crippen MR) is 121 cm³/mol. The van der Waals surface area contributed by atoms with Crippen molar-refractivity contribution in [3.63, 3.8) is 0 Å². The molecule has 0 bridgehead atoms. The van der Waals surface area contributed by atoms with Gasteiger partial charge in [0.1, 0.15) is 0 Å². The molecule has 0 radical (unpaired) electrons. The molecule has 2 unspecified atom stereocenters. The first-order valence-electron chi connectivity index (χ1n) is 10.5. The van der Waals surface area contributed by atoms with Crippen LogP contribution in [0.25, 0.3) is 10.8 Å². The number of carbonyl (C=O) groups excluding carboxylic acids is 1. The van der Waals surface area contributed by atoms with Gasteiger partial charge in [0.15, 0.2) is 0 Å². The first-order chi connectivity index (χ1) is 14.5. The lowest BCUT2D eigenvalue weighted by molar-refractivity contribution is -0.123. The number of aryl methyl sites for hydroxylation is 2.